The fourth-order valence-electron chi connectivity index (χ4n) is 2.36. The first-order valence-electron chi connectivity index (χ1n) is 5.70. The van der Waals surface area contributed by atoms with Crippen LogP contribution in [0.1, 0.15) is 20.3 Å². The maximum atomic E-state index is 11.9. The molecule has 3 atom stereocenters. The third kappa shape index (κ3) is 2.39. The van der Waals surface area contributed by atoms with Crippen LogP contribution in [0.3, 0.4) is 0 Å². The van der Waals surface area contributed by atoms with E-state index in [4.69, 9.17) is 0 Å². The molecule has 0 radical (unpaired) electrons. The predicted molar refractivity (Wildman–Crippen MR) is 74.2 cm³/mol. The fraction of sp³-hybridized carbons (Fsp3) is 0.462. The van der Waals surface area contributed by atoms with Crippen LogP contribution in [0.4, 0.5) is 5.69 Å². The molecule has 1 aliphatic carbocycles. The highest BCUT2D eigenvalue weighted by Crippen LogP contribution is 2.48. The molecule has 0 spiro atoms. The van der Waals surface area contributed by atoms with Crippen molar-refractivity contribution in [1.29, 1.82) is 0 Å². The quantitative estimate of drug-likeness (QED) is 0.845. The topological polar surface area (TPSA) is 29.1 Å². The maximum Gasteiger partial charge on any atom is 0.228 e. The highest BCUT2D eigenvalue weighted by molar-refractivity contribution is 14.1. The number of benzene rings is 1. The third-order valence-corrected chi connectivity index (χ3v) is 4.17. The van der Waals surface area contributed by atoms with Crippen LogP contribution < -0.4 is 5.32 Å². The second-order valence-corrected chi connectivity index (χ2v) is 5.70. The van der Waals surface area contributed by atoms with Crippen molar-refractivity contribution in [2.75, 3.05) is 5.32 Å². The van der Waals surface area contributed by atoms with E-state index >= 15 is 0 Å². The van der Waals surface area contributed by atoms with E-state index in [0.717, 1.165) is 12.1 Å². The lowest BCUT2D eigenvalue weighted by molar-refractivity contribution is -0.117. The number of nitrogens with one attached hydrogen (secondary N) is 1. The summed E-state index contributed by atoms with van der Waals surface area (Å²) >= 11 is 2.26. The molecule has 86 valence electrons. The summed E-state index contributed by atoms with van der Waals surface area (Å²) in [6.07, 6.45) is 1.10. The molecular formula is C13H16INO. The second-order valence-electron chi connectivity index (χ2n) is 4.45. The van der Waals surface area contributed by atoms with Gasteiger partial charge in [0.2, 0.25) is 5.91 Å². The number of halogens is 1. The first kappa shape index (κ1) is 11.9. The molecule has 3 unspecified atom stereocenters. The van der Waals surface area contributed by atoms with Crippen molar-refractivity contribution in [1.82, 2.24) is 0 Å². The van der Waals surface area contributed by atoms with Gasteiger partial charge in [0.25, 0.3) is 0 Å². The van der Waals surface area contributed by atoms with E-state index in [1.165, 1.54) is 3.57 Å². The molecule has 1 aromatic carbocycles. The molecule has 1 saturated carbocycles. The predicted octanol–water partition coefficient (Wildman–Crippen LogP) is 3.52. The van der Waals surface area contributed by atoms with Crippen LogP contribution in [0, 0.1) is 21.3 Å². The molecule has 1 aliphatic rings. The zero-order chi connectivity index (χ0) is 11.7. The average molecular weight is 329 g/mol. The van der Waals surface area contributed by atoms with Crippen molar-refractivity contribution < 1.29 is 4.79 Å². The highest BCUT2D eigenvalue weighted by atomic mass is 127. The summed E-state index contributed by atoms with van der Waals surface area (Å²) in [6.45, 7) is 4.31. The van der Waals surface area contributed by atoms with E-state index in [2.05, 4.69) is 41.8 Å². The number of rotatable bonds is 3. The molecule has 3 heteroatoms. The molecule has 1 amide bonds. The summed E-state index contributed by atoms with van der Waals surface area (Å²) in [5.74, 6) is 1.54. The molecule has 0 saturated heterocycles. The van der Waals surface area contributed by atoms with Crippen molar-refractivity contribution in [3.05, 3.63) is 27.8 Å². The number of carbonyl (C=O) groups is 1. The fourth-order valence-corrected chi connectivity index (χ4v) is 2.72. The normalized spacial score (nSPS) is 27.6. The van der Waals surface area contributed by atoms with Crippen LogP contribution in [0.25, 0.3) is 0 Å². The van der Waals surface area contributed by atoms with E-state index in [-0.39, 0.29) is 11.8 Å². The largest absolute Gasteiger partial charge is 0.326 e. The molecule has 1 aromatic rings. The van der Waals surface area contributed by atoms with Crippen LogP contribution in [-0.2, 0) is 4.79 Å². The van der Waals surface area contributed by atoms with Gasteiger partial charge in [-0.2, -0.15) is 0 Å². The zero-order valence-electron chi connectivity index (χ0n) is 9.53. The van der Waals surface area contributed by atoms with Crippen molar-refractivity contribution in [3.8, 4) is 0 Å². The molecule has 0 bridgehead atoms. The Bertz CT molecular complexity index is 387. The lowest BCUT2D eigenvalue weighted by Crippen LogP contribution is -2.15. The van der Waals surface area contributed by atoms with Gasteiger partial charge in [0.05, 0.1) is 0 Å². The summed E-state index contributed by atoms with van der Waals surface area (Å²) in [5.41, 5.74) is 0.902. The lowest BCUT2D eigenvalue weighted by atomic mass is 10.2. The van der Waals surface area contributed by atoms with Crippen molar-refractivity contribution >= 4 is 34.2 Å². The molecule has 16 heavy (non-hydrogen) atoms. The van der Waals surface area contributed by atoms with Gasteiger partial charge < -0.3 is 5.32 Å². The van der Waals surface area contributed by atoms with Gasteiger partial charge in [-0.05, 0) is 58.7 Å². The number of anilines is 1. The average Bonchev–Trinajstić information content (AvgIpc) is 2.92. The Hall–Kier alpha value is -0.580. The Morgan fingerprint density at radius 3 is 2.50 bits per heavy atom. The van der Waals surface area contributed by atoms with Gasteiger partial charge >= 0.3 is 0 Å². The summed E-state index contributed by atoms with van der Waals surface area (Å²) in [4.78, 5) is 11.9. The smallest absolute Gasteiger partial charge is 0.228 e. The first-order chi connectivity index (χ1) is 7.63. The molecule has 1 fully saturated rings. The molecule has 0 heterocycles. The molecule has 0 aliphatic heterocycles. The second kappa shape index (κ2) is 4.73. The van der Waals surface area contributed by atoms with Gasteiger partial charge in [0.1, 0.15) is 0 Å². The first-order valence-corrected chi connectivity index (χ1v) is 6.77. The molecule has 2 rings (SSSR count). The SMILES string of the molecule is CCC1C(C)C1C(=O)Nc1ccc(I)cc1. The van der Waals surface area contributed by atoms with E-state index in [0.29, 0.717) is 11.8 Å². The number of hydrogen-bond donors (Lipinski definition) is 1. The monoisotopic (exact) mass is 329 g/mol. The van der Waals surface area contributed by atoms with E-state index in [9.17, 15) is 4.79 Å². The van der Waals surface area contributed by atoms with Gasteiger partial charge in [-0.1, -0.05) is 20.3 Å². The van der Waals surface area contributed by atoms with E-state index < -0.39 is 0 Å². The molecule has 0 aromatic heterocycles. The number of hydrogen-bond acceptors (Lipinski definition) is 1. The minimum absolute atomic E-state index is 0.181. The summed E-state index contributed by atoms with van der Waals surface area (Å²) in [7, 11) is 0. The maximum absolute atomic E-state index is 11.9. The standard InChI is InChI=1S/C13H16INO/c1-3-11-8(2)12(11)13(16)15-10-6-4-9(14)5-7-10/h4-8,11-12H,3H2,1-2H3,(H,15,16). The number of amides is 1. The lowest BCUT2D eigenvalue weighted by Gasteiger charge is -2.04. The van der Waals surface area contributed by atoms with Crippen LogP contribution in [0.15, 0.2) is 24.3 Å². The van der Waals surface area contributed by atoms with Gasteiger partial charge in [0.15, 0.2) is 0 Å². The van der Waals surface area contributed by atoms with Gasteiger partial charge in [-0.25, -0.2) is 0 Å². The van der Waals surface area contributed by atoms with Crippen molar-refractivity contribution in [2.45, 2.75) is 20.3 Å². The van der Waals surface area contributed by atoms with Crippen molar-refractivity contribution in [3.63, 3.8) is 0 Å². The van der Waals surface area contributed by atoms with Gasteiger partial charge in [-0.15, -0.1) is 0 Å². The number of carbonyl (C=O) groups excluding carboxylic acids is 1. The van der Waals surface area contributed by atoms with Crippen LogP contribution >= 0.6 is 22.6 Å². The summed E-state index contributed by atoms with van der Waals surface area (Å²) in [6, 6.07) is 7.91. The summed E-state index contributed by atoms with van der Waals surface area (Å²) in [5, 5.41) is 2.98. The molecule has 1 N–H and O–H groups in total. The van der Waals surface area contributed by atoms with E-state index in [1.807, 2.05) is 24.3 Å². The minimum Gasteiger partial charge on any atom is -0.326 e. The van der Waals surface area contributed by atoms with E-state index in [1.54, 1.807) is 0 Å². The molecular weight excluding hydrogens is 313 g/mol. The third-order valence-electron chi connectivity index (χ3n) is 3.45. The zero-order valence-corrected chi connectivity index (χ0v) is 11.7. The van der Waals surface area contributed by atoms with Gasteiger partial charge in [-0.3, -0.25) is 4.79 Å². The Morgan fingerprint density at radius 1 is 1.38 bits per heavy atom. The Morgan fingerprint density at radius 2 is 2.00 bits per heavy atom. The Kier molecular flexibility index (Phi) is 3.52. The van der Waals surface area contributed by atoms with Crippen molar-refractivity contribution in [2.24, 2.45) is 17.8 Å². The van der Waals surface area contributed by atoms with Crippen LogP contribution in [0.5, 0.6) is 0 Å². The van der Waals surface area contributed by atoms with Crippen LogP contribution in [-0.4, -0.2) is 5.91 Å². The van der Waals surface area contributed by atoms with Gasteiger partial charge in [0, 0.05) is 15.2 Å². The minimum atomic E-state index is 0.181. The van der Waals surface area contributed by atoms with Crippen LogP contribution in [0.2, 0.25) is 0 Å². The highest BCUT2D eigenvalue weighted by Gasteiger charge is 2.49. The molecule has 2 nitrogen and oxygen atoms in total. The Balaban J connectivity index is 1.96. The summed E-state index contributed by atoms with van der Waals surface area (Å²) < 4.78 is 1.18. The Labute approximate surface area is 110 Å².